The van der Waals surface area contributed by atoms with Crippen molar-refractivity contribution in [1.82, 2.24) is 0 Å². The molecule has 15 heavy (non-hydrogen) atoms. The third-order valence-electron chi connectivity index (χ3n) is 2.20. The van der Waals surface area contributed by atoms with Crippen LogP contribution in [0.2, 0.25) is 0 Å². The minimum Gasteiger partial charge on any atom is -0.429 e. The number of cyclic esters (lactones) is 1. The van der Waals surface area contributed by atoms with E-state index in [2.05, 4.69) is 9.91 Å². The lowest BCUT2D eigenvalue weighted by atomic mass is 10.1. The molecule has 0 N–H and O–H groups in total. The van der Waals surface area contributed by atoms with E-state index >= 15 is 0 Å². The van der Waals surface area contributed by atoms with Gasteiger partial charge in [0.1, 0.15) is 0 Å². The Morgan fingerprint density at radius 1 is 1.27 bits per heavy atom. The van der Waals surface area contributed by atoms with Crippen molar-refractivity contribution in [3.63, 3.8) is 0 Å². The smallest absolute Gasteiger partial charge is 0.333 e. The van der Waals surface area contributed by atoms with Crippen LogP contribution in [0.4, 0.5) is 0 Å². The van der Waals surface area contributed by atoms with Gasteiger partial charge in [0.05, 0.1) is 0 Å². The van der Waals surface area contributed by atoms with Crippen molar-refractivity contribution in [2.75, 3.05) is 0 Å². The third-order valence-corrected chi connectivity index (χ3v) is 2.20. The zero-order chi connectivity index (χ0) is 10.7. The summed E-state index contributed by atoms with van der Waals surface area (Å²) in [5, 5.41) is 2.75. The zero-order valence-electron chi connectivity index (χ0n) is 7.92. The van der Waals surface area contributed by atoms with Gasteiger partial charge in [-0.1, -0.05) is 30.3 Å². The molecule has 1 aromatic rings. The molecule has 0 saturated heterocycles. The molecule has 0 radical (unpaired) electrons. The van der Waals surface area contributed by atoms with Crippen molar-refractivity contribution in [2.45, 2.75) is 12.6 Å². The van der Waals surface area contributed by atoms with E-state index in [-0.39, 0.29) is 0 Å². The van der Waals surface area contributed by atoms with Crippen LogP contribution >= 0.6 is 0 Å². The van der Waals surface area contributed by atoms with E-state index in [0.29, 0.717) is 12.0 Å². The molecule has 0 fully saturated rings. The molecule has 1 heterocycles. The number of rotatable bonds is 3. The molecule has 0 aromatic heterocycles. The maximum atomic E-state index is 10.9. The molecule has 0 spiro atoms. The Labute approximate surface area is 86.5 Å². The number of carbonyl (C=O) groups excluding carboxylic acids is 1. The summed E-state index contributed by atoms with van der Waals surface area (Å²) in [6, 6.07) is 9.55. The fourth-order valence-corrected chi connectivity index (χ4v) is 1.50. The Bertz CT molecular complexity index is 411. The van der Waals surface area contributed by atoms with Gasteiger partial charge in [0.15, 0.2) is 0 Å². The topological polar surface area (TPSA) is 55.7 Å². The van der Waals surface area contributed by atoms with Crippen LogP contribution in [-0.4, -0.2) is 12.2 Å². The first-order chi connectivity index (χ1) is 7.29. The molecule has 2 rings (SSSR count). The van der Waals surface area contributed by atoms with E-state index in [0.717, 1.165) is 5.56 Å². The number of nitroso groups, excluding NO2 is 1. The molecule has 1 aliphatic heterocycles. The summed E-state index contributed by atoms with van der Waals surface area (Å²) >= 11 is 0. The predicted molar refractivity (Wildman–Crippen MR) is 53.9 cm³/mol. The van der Waals surface area contributed by atoms with Crippen LogP contribution in [0.25, 0.3) is 0 Å². The van der Waals surface area contributed by atoms with Gasteiger partial charge in [-0.2, -0.15) is 0 Å². The monoisotopic (exact) mass is 203 g/mol. The average Bonchev–Trinajstić information content (AvgIpc) is 2.60. The molecule has 1 aromatic carbocycles. The van der Waals surface area contributed by atoms with Crippen molar-refractivity contribution in [3.05, 3.63) is 52.5 Å². The van der Waals surface area contributed by atoms with Crippen molar-refractivity contribution in [3.8, 4) is 0 Å². The third kappa shape index (κ3) is 2.10. The van der Waals surface area contributed by atoms with Crippen LogP contribution in [0, 0.1) is 4.91 Å². The molecule has 4 nitrogen and oxygen atoms in total. The summed E-state index contributed by atoms with van der Waals surface area (Å²) in [6.45, 7) is 0. The van der Waals surface area contributed by atoms with Gasteiger partial charge in [-0.15, -0.1) is 4.91 Å². The van der Waals surface area contributed by atoms with Gasteiger partial charge in [-0.05, 0) is 17.2 Å². The minimum atomic E-state index is -0.947. The fourth-order valence-electron chi connectivity index (χ4n) is 1.50. The molecule has 1 unspecified atom stereocenters. The van der Waals surface area contributed by atoms with Crippen LogP contribution in [0.5, 0.6) is 0 Å². The highest BCUT2D eigenvalue weighted by molar-refractivity contribution is 5.85. The predicted octanol–water partition coefficient (Wildman–Crippen LogP) is 1.80. The molecule has 0 saturated carbocycles. The van der Waals surface area contributed by atoms with Gasteiger partial charge in [0.25, 0.3) is 6.23 Å². The Hall–Kier alpha value is -1.97. The summed E-state index contributed by atoms with van der Waals surface area (Å²) in [6.07, 6.45) is 0.903. The van der Waals surface area contributed by atoms with E-state index in [4.69, 9.17) is 0 Å². The first-order valence-electron chi connectivity index (χ1n) is 4.57. The quantitative estimate of drug-likeness (QED) is 0.556. The summed E-state index contributed by atoms with van der Waals surface area (Å²) in [5.41, 5.74) is 1.64. The molecule has 76 valence electrons. The lowest BCUT2D eigenvalue weighted by molar-refractivity contribution is -0.138. The minimum absolute atomic E-state index is 0.495. The fraction of sp³-hybridized carbons (Fsp3) is 0.182. The van der Waals surface area contributed by atoms with Crippen molar-refractivity contribution in [1.29, 1.82) is 0 Å². The number of esters is 1. The lowest BCUT2D eigenvalue weighted by Crippen LogP contribution is -2.09. The second-order valence-electron chi connectivity index (χ2n) is 3.28. The van der Waals surface area contributed by atoms with Crippen molar-refractivity contribution >= 4 is 5.97 Å². The molecule has 1 atom stereocenters. The maximum absolute atomic E-state index is 10.9. The summed E-state index contributed by atoms with van der Waals surface area (Å²) in [4.78, 5) is 21.3. The Morgan fingerprint density at radius 3 is 2.67 bits per heavy atom. The maximum Gasteiger partial charge on any atom is 0.333 e. The summed E-state index contributed by atoms with van der Waals surface area (Å²) in [5.74, 6) is -0.495. The first kappa shape index (κ1) is 9.58. The lowest BCUT2D eigenvalue weighted by Gasteiger charge is -2.05. The highest BCUT2D eigenvalue weighted by atomic mass is 16.6. The normalized spacial score (nSPS) is 19.6. The van der Waals surface area contributed by atoms with Crippen LogP contribution in [-0.2, 0) is 16.0 Å². The first-order valence-corrected chi connectivity index (χ1v) is 4.57. The van der Waals surface area contributed by atoms with Crippen LogP contribution in [0.3, 0.4) is 0 Å². The largest absolute Gasteiger partial charge is 0.429 e. The van der Waals surface area contributed by atoms with Crippen LogP contribution in [0.15, 0.2) is 47.2 Å². The molecule has 4 heteroatoms. The number of benzene rings is 1. The molecule has 0 aliphatic carbocycles. The number of ether oxygens (including phenoxy) is 1. The highest BCUT2D eigenvalue weighted by Gasteiger charge is 2.26. The number of hydrogen-bond donors (Lipinski definition) is 0. The Morgan fingerprint density at radius 2 is 2.00 bits per heavy atom. The molecular formula is C11H9NO3. The molecule has 1 aliphatic rings. The van der Waals surface area contributed by atoms with Gasteiger partial charge < -0.3 is 4.74 Å². The van der Waals surface area contributed by atoms with E-state index in [9.17, 15) is 9.70 Å². The van der Waals surface area contributed by atoms with Gasteiger partial charge in [0, 0.05) is 11.6 Å². The number of nitrogens with zero attached hydrogens (tertiary/aromatic N) is 1. The van der Waals surface area contributed by atoms with E-state index in [1.807, 2.05) is 30.3 Å². The van der Waals surface area contributed by atoms with Gasteiger partial charge in [-0.25, -0.2) is 4.79 Å². The van der Waals surface area contributed by atoms with Gasteiger partial charge in [0.2, 0.25) is 0 Å². The van der Waals surface area contributed by atoms with E-state index in [1.165, 1.54) is 6.08 Å². The molecular weight excluding hydrogens is 194 g/mol. The van der Waals surface area contributed by atoms with Crippen LogP contribution < -0.4 is 0 Å². The van der Waals surface area contributed by atoms with Gasteiger partial charge >= 0.3 is 5.97 Å². The molecule has 0 amide bonds. The highest BCUT2D eigenvalue weighted by Crippen LogP contribution is 2.20. The second-order valence-corrected chi connectivity index (χ2v) is 3.28. The van der Waals surface area contributed by atoms with E-state index < -0.39 is 12.2 Å². The second kappa shape index (κ2) is 4.04. The van der Waals surface area contributed by atoms with Crippen molar-refractivity contribution in [2.24, 2.45) is 5.18 Å². The zero-order valence-corrected chi connectivity index (χ0v) is 7.92. The number of hydrogen-bond acceptors (Lipinski definition) is 4. The Balaban J connectivity index is 2.15. The SMILES string of the molecule is O=NC1OC(=O)C=C1Cc1ccccc1. The number of carbonyl (C=O) groups is 1. The molecule has 0 bridgehead atoms. The van der Waals surface area contributed by atoms with Gasteiger partial charge in [-0.3, -0.25) is 0 Å². The standard InChI is InChI=1S/C11H9NO3/c13-10-7-9(11(12-14)15-10)6-8-4-2-1-3-5-8/h1-5,7,11H,6H2. The summed E-state index contributed by atoms with van der Waals surface area (Å²) in [7, 11) is 0. The Kier molecular flexibility index (Phi) is 2.58. The average molecular weight is 203 g/mol. The van der Waals surface area contributed by atoms with Crippen molar-refractivity contribution < 1.29 is 9.53 Å². The van der Waals surface area contributed by atoms with E-state index in [1.54, 1.807) is 0 Å². The summed E-state index contributed by atoms with van der Waals surface area (Å²) < 4.78 is 4.68. The van der Waals surface area contributed by atoms with Crippen LogP contribution in [0.1, 0.15) is 5.56 Å².